The van der Waals surface area contributed by atoms with Crippen molar-refractivity contribution in [2.24, 2.45) is 0 Å². The van der Waals surface area contributed by atoms with Crippen molar-refractivity contribution in [3.63, 3.8) is 0 Å². The minimum absolute atomic E-state index is 0.0775. The lowest BCUT2D eigenvalue weighted by Gasteiger charge is -2.30. The second kappa shape index (κ2) is 10.3. The summed E-state index contributed by atoms with van der Waals surface area (Å²) in [7, 11) is -3.54. The molecule has 1 N–H and O–H groups in total. The van der Waals surface area contributed by atoms with Crippen LogP contribution in [0.3, 0.4) is 0 Å². The third-order valence-corrected chi connectivity index (χ3v) is 10.5. The largest absolute Gasteiger partial charge is 0.324 e. The van der Waals surface area contributed by atoms with Gasteiger partial charge in [-0.3, -0.25) is 9.36 Å². The van der Waals surface area contributed by atoms with Gasteiger partial charge >= 0.3 is 0 Å². The summed E-state index contributed by atoms with van der Waals surface area (Å²) in [5.74, 6) is 0.341. The van der Waals surface area contributed by atoms with Crippen LogP contribution >= 0.6 is 23.4 Å². The minimum Gasteiger partial charge on any atom is -0.324 e. The van der Waals surface area contributed by atoms with Gasteiger partial charge in [0, 0.05) is 41.7 Å². The Kier molecular flexibility index (Phi) is 7.31. The number of piperidine rings is 1. The van der Waals surface area contributed by atoms with Gasteiger partial charge in [-0.15, -0.1) is 0 Å². The number of anilines is 2. The zero-order chi connectivity index (χ0) is 25.4. The van der Waals surface area contributed by atoms with Gasteiger partial charge in [-0.05, 0) is 68.7 Å². The molecule has 36 heavy (non-hydrogen) atoms. The van der Waals surface area contributed by atoms with Crippen LogP contribution in [-0.4, -0.2) is 51.9 Å². The fraction of sp³-hybridized carbons (Fsp3) is 0.480. The van der Waals surface area contributed by atoms with Crippen molar-refractivity contribution in [1.82, 2.24) is 18.8 Å². The van der Waals surface area contributed by atoms with Crippen molar-refractivity contribution >= 4 is 56.1 Å². The number of aromatic nitrogens is 3. The van der Waals surface area contributed by atoms with Crippen LogP contribution in [0.25, 0.3) is 11.0 Å². The molecule has 5 rings (SSSR count). The number of nitrogens with zero attached hydrogens (tertiary/aromatic N) is 4. The summed E-state index contributed by atoms with van der Waals surface area (Å²) < 4.78 is 29.7. The zero-order valence-electron chi connectivity index (χ0n) is 20.4. The molecule has 1 saturated heterocycles. The molecule has 0 spiro atoms. The Balaban J connectivity index is 1.42. The van der Waals surface area contributed by atoms with Crippen LogP contribution in [0.4, 0.5) is 11.6 Å². The molecule has 1 aliphatic carbocycles. The maximum absolute atomic E-state index is 13.2. The van der Waals surface area contributed by atoms with E-state index < -0.39 is 10.0 Å². The molecule has 0 unspecified atom stereocenters. The lowest BCUT2D eigenvalue weighted by atomic mass is 10.2. The van der Waals surface area contributed by atoms with Crippen molar-refractivity contribution < 1.29 is 8.42 Å². The molecule has 1 aromatic carbocycles. The van der Waals surface area contributed by atoms with Crippen LogP contribution in [-0.2, 0) is 10.0 Å². The summed E-state index contributed by atoms with van der Waals surface area (Å²) in [5.41, 5.74) is 1.80. The van der Waals surface area contributed by atoms with Crippen molar-refractivity contribution in [3.05, 3.63) is 51.4 Å². The third kappa shape index (κ3) is 4.88. The van der Waals surface area contributed by atoms with Crippen LogP contribution in [0.1, 0.15) is 50.1 Å². The summed E-state index contributed by atoms with van der Waals surface area (Å²) in [5, 5.41) is 4.61. The van der Waals surface area contributed by atoms with E-state index in [1.807, 2.05) is 6.92 Å². The van der Waals surface area contributed by atoms with E-state index in [1.54, 1.807) is 51.1 Å². The smallest absolute Gasteiger partial charge is 0.271 e. The van der Waals surface area contributed by atoms with Crippen molar-refractivity contribution in [2.75, 3.05) is 24.7 Å². The molecule has 11 heteroatoms. The Bertz CT molecular complexity index is 1450. The van der Waals surface area contributed by atoms with Crippen molar-refractivity contribution in [2.45, 2.75) is 61.6 Å². The topological polar surface area (TPSA) is 97.2 Å². The van der Waals surface area contributed by atoms with E-state index in [1.165, 1.54) is 0 Å². The Morgan fingerprint density at radius 3 is 2.50 bits per heavy atom. The van der Waals surface area contributed by atoms with Crippen LogP contribution < -0.4 is 10.9 Å². The predicted octanol–water partition coefficient (Wildman–Crippen LogP) is 5.13. The molecule has 2 aliphatic rings. The highest BCUT2D eigenvalue weighted by molar-refractivity contribution is 7.99. The maximum atomic E-state index is 13.2. The molecule has 3 aromatic rings. The highest BCUT2D eigenvalue weighted by Crippen LogP contribution is 2.32. The van der Waals surface area contributed by atoms with E-state index in [-0.39, 0.29) is 21.5 Å². The number of fused-ring (bicyclic) bond motifs is 1. The third-order valence-electron chi connectivity index (χ3n) is 7.24. The van der Waals surface area contributed by atoms with E-state index in [4.69, 9.17) is 11.6 Å². The Morgan fingerprint density at radius 1 is 1.11 bits per heavy atom. The van der Waals surface area contributed by atoms with Gasteiger partial charge in [-0.25, -0.2) is 13.4 Å². The molecular formula is C25H30ClN5O3S2. The van der Waals surface area contributed by atoms with Crippen molar-refractivity contribution in [3.8, 4) is 0 Å². The SMILES string of the molecule is CSC1CCN(S(=O)(=O)c2ccc(Nc3ncc4cc(Cl)c(=O)n(C5CCCC5)c4n3)c(C)c2)CC1. The summed E-state index contributed by atoms with van der Waals surface area (Å²) in [6.45, 7) is 2.95. The summed E-state index contributed by atoms with van der Waals surface area (Å²) in [6.07, 6.45) is 9.47. The zero-order valence-corrected chi connectivity index (χ0v) is 22.8. The highest BCUT2D eigenvalue weighted by Gasteiger charge is 2.29. The lowest BCUT2D eigenvalue weighted by molar-refractivity contribution is 0.352. The number of hydrogen-bond acceptors (Lipinski definition) is 7. The average Bonchev–Trinajstić information content (AvgIpc) is 3.40. The molecule has 2 aromatic heterocycles. The van der Waals surface area contributed by atoms with Crippen molar-refractivity contribution in [1.29, 1.82) is 0 Å². The number of halogens is 1. The van der Waals surface area contributed by atoms with Gasteiger partial charge in [-0.2, -0.15) is 21.1 Å². The molecule has 192 valence electrons. The first-order valence-electron chi connectivity index (χ1n) is 12.3. The van der Waals surface area contributed by atoms with E-state index in [0.717, 1.165) is 44.1 Å². The molecule has 0 amide bonds. The van der Waals surface area contributed by atoms with Gasteiger partial charge < -0.3 is 5.32 Å². The number of sulfonamides is 1. The summed E-state index contributed by atoms with van der Waals surface area (Å²) in [4.78, 5) is 22.3. The molecule has 0 bridgehead atoms. The second-order valence-electron chi connectivity index (χ2n) is 9.52. The molecule has 0 atom stereocenters. The predicted molar refractivity (Wildman–Crippen MR) is 146 cm³/mol. The number of nitrogens with one attached hydrogen (secondary N) is 1. The molecular weight excluding hydrogens is 518 g/mol. The van der Waals surface area contributed by atoms with Gasteiger partial charge in [0.2, 0.25) is 16.0 Å². The van der Waals surface area contributed by atoms with Crippen LogP contribution in [0.15, 0.2) is 40.2 Å². The monoisotopic (exact) mass is 547 g/mol. The maximum Gasteiger partial charge on any atom is 0.271 e. The lowest BCUT2D eigenvalue weighted by Crippen LogP contribution is -2.39. The average molecular weight is 548 g/mol. The van der Waals surface area contributed by atoms with Crippen LogP contribution in [0.2, 0.25) is 5.02 Å². The van der Waals surface area contributed by atoms with Crippen LogP contribution in [0, 0.1) is 6.92 Å². The van der Waals surface area contributed by atoms with Gasteiger partial charge in [0.1, 0.15) is 10.7 Å². The standard InChI is InChI=1S/C25H30ClN5O3S2/c1-16-13-20(36(33,34)30-11-9-19(35-2)10-12-30)7-8-22(16)28-25-27-15-17-14-21(26)24(32)31(23(17)29-25)18-5-3-4-6-18/h7-8,13-15,18-19H,3-6,9-12H2,1-2H3,(H,27,28,29). The number of hydrogen-bond donors (Lipinski definition) is 1. The first kappa shape index (κ1) is 25.5. The number of thioether (sulfide) groups is 1. The first-order chi connectivity index (χ1) is 17.3. The van der Waals surface area contributed by atoms with Gasteiger partial charge in [0.15, 0.2) is 0 Å². The van der Waals surface area contributed by atoms with E-state index in [2.05, 4.69) is 21.5 Å². The number of rotatable bonds is 6. The molecule has 8 nitrogen and oxygen atoms in total. The van der Waals surface area contributed by atoms with Gasteiger partial charge in [0.05, 0.1) is 4.90 Å². The summed E-state index contributed by atoms with van der Waals surface area (Å²) >= 11 is 8.03. The fourth-order valence-corrected chi connectivity index (χ4v) is 7.61. The van der Waals surface area contributed by atoms with Gasteiger partial charge in [-0.1, -0.05) is 24.4 Å². The van der Waals surface area contributed by atoms with E-state index in [0.29, 0.717) is 41.0 Å². The van der Waals surface area contributed by atoms with Crippen LogP contribution in [0.5, 0.6) is 0 Å². The minimum atomic E-state index is -3.54. The number of pyridine rings is 1. The normalized spacial score (nSPS) is 18.2. The van der Waals surface area contributed by atoms with E-state index in [9.17, 15) is 13.2 Å². The fourth-order valence-electron chi connectivity index (χ4n) is 5.16. The Labute approximate surface area is 220 Å². The quantitative estimate of drug-likeness (QED) is 0.457. The molecule has 1 aliphatic heterocycles. The number of aryl methyl sites for hydroxylation is 1. The number of benzene rings is 1. The Hall–Kier alpha value is -2.14. The van der Waals surface area contributed by atoms with E-state index >= 15 is 0 Å². The first-order valence-corrected chi connectivity index (χ1v) is 15.4. The molecule has 0 radical (unpaired) electrons. The summed E-state index contributed by atoms with van der Waals surface area (Å²) in [6, 6.07) is 6.75. The second-order valence-corrected chi connectivity index (χ2v) is 13.0. The highest BCUT2D eigenvalue weighted by atomic mass is 35.5. The van der Waals surface area contributed by atoms with Gasteiger partial charge in [0.25, 0.3) is 5.56 Å². The Morgan fingerprint density at radius 2 is 1.83 bits per heavy atom. The molecule has 1 saturated carbocycles. The molecule has 3 heterocycles. The molecule has 2 fully saturated rings.